The zero-order valence-electron chi connectivity index (χ0n) is 6.78. The first-order chi connectivity index (χ1) is 6.07. The van der Waals surface area contributed by atoms with Gasteiger partial charge in [0.2, 0.25) is 5.82 Å². The fourth-order valence-corrected chi connectivity index (χ4v) is 1.02. The summed E-state index contributed by atoms with van der Waals surface area (Å²) in [6, 6.07) is 2.30. The highest BCUT2D eigenvalue weighted by atomic mass is 19.1. The molecule has 0 amide bonds. The maximum absolute atomic E-state index is 12.9. The fraction of sp³-hybridized carbons (Fsp3) is 0.125. The van der Waals surface area contributed by atoms with Gasteiger partial charge in [-0.25, -0.2) is 0 Å². The van der Waals surface area contributed by atoms with Crippen molar-refractivity contribution in [3.8, 4) is 0 Å². The van der Waals surface area contributed by atoms with Crippen molar-refractivity contribution in [2.45, 2.75) is 6.92 Å². The van der Waals surface area contributed by atoms with Crippen LogP contribution in [0, 0.1) is 22.9 Å². The van der Waals surface area contributed by atoms with Gasteiger partial charge >= 0.3 is 5.69 Å². The van der Waals surface area contributed by atoms with Crippen molar-refractivity contribution in [3.05, 3.63) is 39.2 Å². The van der Waals surface area contributed by atoms with E-state index in [4.69, 9.17) is 0 Å². The van der Waals surface area contributed by atoms with Gasteiger partial charge in [0.25, 0.3) is 0 Å². The largest absolute Gasteiger partial charge is 0.315 e. The van der Waals surface area contributed by atoms with E-state index in [1.165, 1.54) is 13.0 Å². The number of nitrogens with zero attached hydrogens (tertiary/aromatic N) is 1. The van der Waals surface area contributed by atoms with E-state index in [1.807, 2.05) is 0 Å². The van der Waals surface area contributed by atoms with Gasteiger partial charge in [0.15, 0.2) is 6.29 Å². The van der Waals surface area contributed by atoms with Crippen molar-refractivity contribution in [1.82, 2.24) is 0 Å². The highest BCUT2D eigenvalue weighted by Gasteiger charge is 2.21. The van der Waals surface area contributed by atoms with Gasteiger partial charge in [0.1, 0.15) is 0 Å². The molecule has 0 aliphatic rings. The Morgan fingerprint density at radius 3 is 2.54 bits per heavy atom. The molecular formula is C8H6FNO3. The number of hydrogen-bond acceptors (Lipinski definition) is 3. The summed E-state index contributed by atoms with van der Waals surface area (Å²) in [6.45, 7) is 1.51. The van der Waals surface area contributed by atoms with Crippen LogP contribution in [-0.2, 0) is 0 Å². The number of benzene rings is 1. The van der Waals surface area contributed by atoms with Gasteiger partial charge < -0.3 is 0 Å². The third-order valence-corrected chi connectivity index (χ3v) is 1.69. The summed E-state index contributed by atoms with van der Waals surface area (Å²) in [7, 11) is 0. The van der Waals surface area contributed by atoms with Crippen molar-refractivity contribution < 1.29 is 14.1 Å². The smallest absolute Gasteiger partial charge is 0.298 e. The third-order valence-electron chi connectivity index (χ3n) is 1.69. The number of nitro groups is 1. The molecule has 4 nitrogen and oxygen atoms in total. The molecule has 0 atom stereocenters. The summed E-state index contributed by atoms with van der Waals surface area (Å²) >= 11 is 0. The lowest BCUT2D eigenvalue weighted by atomic mass is 10.1. The van der Waals surface area contributed by atoms with Gasteiger partial charge in [-0.15, -0.1) is 0 Å². The summed E-state index contributed by atoms with van der Waals surface area (Å²) in [5.41, 5.74) is -0.567. The first-order valence-corrected chi connectivity index (χ1v) is 3.46. The molecule has 1 aromatic carbocycles. The van der Waals surface area contributed by atoms with Crippen molar-refractivity contribution in [2.75, 3.05) is 0 Å². The molecule has 5 heteroatoms. The van der Waals surface area contributed by atoms with E-state index in [-0.39, 0.29) is 11.8 Å². The molecule has 0 heterocycles. The van der Waals surface area contributed by atoms with E-state index in [1.54, 1.807) is 0 Å². The van der Waals surface area contributed by atoms with Gasteiger partial charge in [-0.2, -0.15) is 4.39 Å². The molecule has 0 aliphatic heterocycles. The van der Waals surface area contributed by atoms with Crippen molar-refractivity contribution in [3.63, 3.8) is 0 Å². The number of halogens is 1. The van der Waals surface area contributed by atoms with E-state index >= 15 is 0 Å². The molecule has 1 rings (SSSR count). The molecule has 0 saturated heterocycles. The van der Waals surface area contributed by atoms with Crippen LogP contribution in [0.25, 0.3) is 0 Å². The van der Waals surface area contributed by atoms with Gasteiger partial charge in [-0.1, -0.05) is 6.07 Å². The molecule has 0 bridgehead atoms. The number of aryl methyl sites for hydroxylation is 1. The minimum absolute atomic E-state index is 0.204. The van der Waals surface area contributed by atoms with Crippen molar-refractivity contribution in [1.29, 1.82) is 0 Å². The fourth-order valence-electron chi connectivity index (χ4n) is 1.02. The summed E-state index contributed by atoms with van der Waals surface area (Å²) in [5.74, 6) is -0.988. The minimum atomic E-state index is -0.988. The molecule has 13 heavy (non-hydrogen) atoms. The van der Waals surface area contributed by atoms with E-state index in [9.17, 15) is 19.3 Å². The van der Waals surface area contributed by atoms with Crippen molar-refractivity contribution in [2.24, 2.45) is 0 Å². The molecule has 0 aromatic heterocycles. The van der Waals surface area contributed by atoms with Crippen LogP contribution in [0.2, 0.25) is 0 Å². The SMILES string of the molecule is Cc1ccc(F)c([N+](=O)[O-])c1C=O. The number of hydrogen-bond donors (Lipinski definition) is 0. The lowest BCUT2D eigenvalue weighted by Crippen LogP contribution is -2.00. The van der Waals surface area contributed by atoms with Crippen LogP contribution in [-0.4, -0.2) is 11.2 Å². The summed E-state index contributed by atoms with van der Waals surface area (Å²) in [6.07, 6.45) is 0.288. The van der Waals surface area contributed by atoms with Crippen LogP contribution < -0.4 is 0 Å². The number of nitro benzene ring substituents is 1. The molecule has 0 fully saturated rings. The second kappa shape index (κ2) is 3.30. The van der Waals surface area contributed by atoms with Gasteiger partial charge in [-0.05, 0) is 18.6 Å². The van der Waals surface area contributed by atoms with Gasteiger partial charge in [0, 0.05) is 0 Å². The maximum atomic E-state index is 12.9. The van der Waals surface area contributed by atoms with Gasteiger partial charge in [-0.3, -0.25) is 14.9 Å². The molecule has 1 aromatic rings. The highest BCUT2D eigenvalue weighted by molar-refractivity contribution is 5.83. The Hall–Kier alpha value is -1.78. The Morgan fingerprint density at radius 1 is 1.54 bits per heavy atom. The topological polar surface area (TPSA) is 60.2 Å². The van der Waals surface area contributed by atoms with E-state index in [0.29, 0.717) is 5.56 Å². The standard InChI is InChI=1S/C8H6FNO3/c1-5-2-3-7(9)8(10(12)13)6(5)4-11/h2-4H,1H3. The second-order valence-corrected chi connectivity index (χ2v) is 2.50. The number of carbonyl (C=O) groups is 1. The molecule has 0 radical (unpaired) electrons. The van der Waals surface area contributed by atoms with E-state index < -0.39 is 16.4 Å². The lowest BCUT2D eigenvalue weighted by Gasteiger charge is -1.99. The van der Waals surface area contributed by atoms with E-state index in [0.717, 1.165) is 6.07 Å². The molecule has 0 aliphatic carbocycles. The summed E-state index contributed by atoms with van der Waals surface area (Å²) in [4.78, 5) is 19.9. The second-order valence-electron chi connectivity index (χ2n) is 2.50. The zero-order chi connectivity index (χ0) is 10.0. The molecular weight excluding hydrogens is 177 g/mol. The van der Waals surface area contributed by atoms with Crippen LogP contribution in [0.4, 0.5) is 10.1 Å². The quantitative estimate of drug-likeness (QED) is 0.399. The summed E-state index contributed by atoms with van der Waals surface area (Å²) < 4.78 is 12.9. The molecule has 68 valence electrons. The first kappa shape index (κ1) is 9.31. The van der Waals surface area contributed by atoms with Crippen molar-refractivity contribution >= 4 is 12.0 Å². The number of rotatable bonds is 2. The highest BCUT2D eigenvalue weighted by Crippen LogP contribution is 2.23. The number of carbonyl (C=O) groups excluding carboxylic acids is 1. The predicted molar refractivity (Wildman–Crippen MR) is 43.2 cm³/mol. The Morgan fingerprint density at radius 2 is 2.15 bits per heavy atom. The van der Waals surface area contributed by atoms with E-state index in [2.05, 4.69) is 0 Å². The number of aldehydes is 1. The van der Waals surface area contributed by atoms with Crippen LogP contribution in [0.1, 0.15) is 15.9 Å². The predicted octanol–water partition coefficient (Wildman–Crippen LogP) is 1.85. The minimum Gasteiger partial charge on any atom is -0.298 e. The average molecular weight is 183 g/mol. The lowest BCUT2D eigenvalue weighted by molar-refractivity contribution is -0.387. The van der Waals surface area contributed by atoms with Crippen LogP contribution in [0.3, 0.4) is 0 Å². The Balaban J connectivity index is 3.52. The Bertz CT molecular complexity index is 376. The maximum Gasteiger partial charge on any atom is 0.315 e. The molecule has 0 unspecified atom stereocenters. The molecule has 0 N–H and O–H groups in total. The van der Waals surface area contributed by atoms with Gasteiger partial charge in [0.05, 0.1) is 10.5 Å². The first-order valence-electron chi connectivity index (χ1n) is 3.46. The monoisotopic (exact) mass is 183 g/mol. The van der Waals surface area contributed by atoms with Crippen LogP contribution in [0.15, 0.2) is 12.1 Å². The zero-order valence-corrected chi connectivity index (χ0v) is 6.78. The van der Waals surface area contributed by atoms with Crippen LogP contribution in [0.5, 0.6) is 0 Å². The Kier molecular flexibility index (Phi) is 2.36. The third kappa shape index (κ3) is 1.53. The average Bonchev–Trinajstić information content (AvgIpc) is 2.07. The normalized spacial score (nSPS) is 9.69. The molecule has 0 spiro atoms. The molecule has 0 saturated carbocycles. The summed E-state index contributed by atoms with van der Waals surface area (Å²) in [5, 5.41) is 10.4. The van der Waals surface area contributed by atoms with Crippen LogP contribution >= 0.6 is 0 Å². The Labute approximate surface area is 73.1 Å².